The summed E-state index contributed by atoms with van der Waals surface area (Å²) in [6, 6.07) is 2.43. The average molecular weight is 297 g/mol. The van der Waals surface area contributed by atoms with Gasteiger partial charge in [0.15, 0.2) is 0 Å². The lowest BCUT2D eigenvalue weighted by Crippen LogP contribution is -2.32. The third-order valence-electron chi connectivity index (χ3n) is 4.19. The first-order valence-corrected chi connectivity index (χ1v) is 8.96. The minimum absolute atomic E-state index is 0.122. The smallest absolute Gasteiger partial charge is 0.242 e. The van der Waals surface area contributed by atoms with E-state index >= 15 is 0 Å². The van der Waals surface area contributed by atoms with Crippen molar-refractivity contribution in [2.24, 2.45) is 0 Å². The molecule has 2 saturated carbocycles. The first-order chi connectivity index (χ1) is 9.60. The lowest BCUT2D eigenvalue weighted by molar-refractivity contribution is 0.552. The van der Waals surface area contributed by atoms with Gasteiger partial charge in [-0.25, -0.2) is 13.1 Å². The normalized spacial score (nSPS) is 20.6. The van der Waals surface area contributed by atoms with Crippen molar-refractivity contribution < 1.29 is 8.42 Å². The Morgan fingerprint density at radius 1 is 1.25 bits per heavy atom. The highest BCUT2D eigenvalue weighted by atomic mass is 32.2. The fraction of sp³-hybridized carbons (Fsp3) is 0.714. The van der Waals surface area contributed by atoms with Crippen LogP contribution in [0.3, 0.4) is 0 Å². The maximum absolute atomic E-state index is 12.5. The van der Waals surface area contributed by atoms with Crippen LogP contribution >= 0.6 is 0 Å². The van der Waals surface area contributed by atoms with Gasteiger partial charge in [0.25, 0.3) is 0 Å². The predicted octanol–water partition coefficient (Wildman–Crippen LogP) is 1.76. The lowest BCUT2D eigenvalue weighted by atomic mass is 10.3. The van der Waals surface area contributed by atoms with Gasteiger partial charge in [0.2, 0.25) is 10.0 Å². The summed E-state index contributed by atoms with van der Waals surface area (Å²) in [6.07, 6.45) is 8.30. The molecule has 1 aromatic heterocycles. The molecule has 0 radical (unpaired) electrons. The number of sulfonamides is 1. The fourth-order valence-corrected chi connectivity index (χ4v) is 4.34. The number of nitrogens with one attached hydrogen (secondary N) is 2. The van der Waals surface area contributed by atoms with Gasteiger partial charge in [-0.3, -0.25) is 0 Å². The number of aromatic nitrogens is 1. The van der Waals surface area contributed by atoms with Crippen LogP contribution in [0, 0.1) is 0 Å². The molecule has 3 rings (SSSR count). The maximum atomic E-state index is 12.5. The second kappa shape index (κ2) is 5.50. The summed E-state index contributed by atoms with van der Waals surface area (Å²) in [4.78, 5) is 0.418. The van der Waals surface area contributed by atoms with Crippen LogP contribution in [-0.4, -0.2) is 26.1 Å². The molecule has 0 spiro atoms. The fourth-order valence-electron chi connectivity index (χ4n) is 2.99. The zero-order valence-electron chi connectivity index (χ0n) is 11.9. The second-order valence-electron chi connectivity index (χ2n) is 5.94. The summed E-state index contributed by atoms with van der Waals surface area (Å²) in [5.74, 6) is 0. The van der Waals surface area contributed by atoms with Crippen LogP contribution in [0.15, 0.2) is 17.2 Å². The van der Waals surface area contributed by atoms with Crippen molar-refractivity contribution >= 4 is 10.0 Å². The predicted molar refractivity (Wildman–Crippen MR) is 78.0 cm³/mol. The second-order valence-corrected chi connectivity index (χ2v) is 7.65. The summed E-state index contributed by atoms with van der Waals surface area (Å²) in [6.45, 7) is 0.704. The van der Waals surface area contributed by atoms with E-state index in [0.29, 0.717) is 17.5 Å². The molecular formula is C14H23N3O2S. The van der Waals surface area contributed by atoms with Crippen LogP contribution in [0.25, 0.3) is 0 Å². The zero-order valence-corrected chi connectivity index (χ0v) is 12.7. The van der Waals surface area contributed by atoms with Crippen LogP contribution in [0.4, 0.5) is 0 Å². The summed E-state index contributed by atoms with van der Waals surface area (Å²) < 4.78 is 29.9. The minimum Gasteiger partial charge on any atom is -0.346 e. The molecule has 0 unspecified atom stereocenters. The van der Waals surface area contributed by atoms with Gasteiger partial charge in [0.1, 0.15) is 0 Å². The monoisotopic (exact) mass is 297 g/mol. The average Bonchev–Trinajstić information content (AvgIpc) is 2.94. The largest absolute Gasteiger partial charge is 0.346 e. The highest BCUT2D eigenvalue weighted by molar-refractivity contribution is 7.89. The molecule has 112 valence electrons. The van der Waals surface area contributed by atoms with E-state index in [1.165, 1.54) is 0 Å². The number of hydrogen-bond acceptors (Lipinski definition) is 3. The van der Waals surface area contributed by atoms with E-state index in [-0.39, 0.29) is 6.04 Å². The van der Waals surface area contributed by atoms with Crippen molar-refractivity contribution in [2.45, 2.75) is 62.0 Å². The van der Waals surface area contributed by atoms with E-state index in [9.17, 15) is 8.42 Å². The third-order valence-corrected chi connectivity index (χ3v) is 5.68. The van der Waals surface area contributed by atoms with Gasteiger partial charge in [0.05, 0.1) is 4.90 Å². The van der Waals surface area contributed by atoms with Gasteiger partial charge < -0.3 is 9.88 Å². The van der Waals surface area contributed by atoms with Gasteiger partial charge in [0, 0.05) is 30.5 Å². The summed E-state index contributed by atoms with van der Waals surface area (Å²) in [7, 11) is -1.48. The molecule has 0 amide bonds. The molecule has 2 fully saturated rings. The van der Waals surface area contributed by atoms with Crippen LogP contribution in [-0.2, 0) is 16.6 Å². The molecule has 1 aromatic rings. The maximum Gasteiger partial charge on any atom is 0.242 e. The molecule has 2 aliphatic rings. The number of rotatable bonds is 6. The van der Waals surface area contributed by atoms with Crippen molar-refractivity contribution in [2.75, 3.05) is 7.05 Å². The van der Waals surface area contributed by atoms with Gasteiger partial charge in [-0.2, -0.15) is 0 Å². The molecule has 6 heteroatoms. The Balaban J connectivity index is 1.82. The van der Waals surface area contributed by atoms with Crippen molar-refractivity contribution in [1.82, 2.24) is 14.6 Å². The van der Waals surface area contributed by atoms with E-state index < -0.39 is 10.0 Å². The molecular weight excluding hydrogens is 274 g/mol. The Hall–Kier alpha value is -0.850. The SMILES string of the molecule is CNCc1cc(S(=O)(=O)NC2CCCC2)cn1C1CC1. The van der Waals surface area contributed by atoms with Crippen molar-refractivity contribution in [1.29, 1.82) is 0 Å². The Bertz CT molecular complexity index is 569. The van der Waals surface area contributed by atoms with Crippen molar-refractivity contribution in [3.63, 3.8) is 0 Å². The van der Waals surface area contributed by atoms with Crippen molar-refractivity contribution in [3.05, 3.63) is 18.0 Å². The van der Waals surface area contributed by atoms with Crippen LogP contribution in [0.2, 0.25) is 0 Å². The topological polar surface area (TPSA) is 63.1 Å². The minimum atomic E-state index is -3.37. The Labute approximate surface area is 120 Å². The van der Waals surface area contributed by atoms with E-state index in [4.69, 9.17) is 0 Å². The first-order valence-electron chi connectivity index (χ1n) is 7.48. The van der Waals surface area contributed by atoms with Gasteiger partial charge in [-0.1, -0.05) is 12.8 Å². The highest BCUT2D eigenvalue weighted by Gasteiger charge is 2.29. The van der Waals surface area contributed by atoms with Crippen molar-refractivity contribution in [3.8, 4) is 0 Å². The molecule has 0 bridgehead atoms. The van der Waals surface area contributed by atoms with Crippen LogP contribution in [0.5, 0.6) is 0 Å². The quantitative estimate of drug-likeness (QED) is 0.841. The zero-order chi connectivity index (χ0) is 14.2. The molecule has 5 nitrogen and oxygen atoms in total. The molecule has 0 atom stereocenters. The first kappa shape index (κ1) is 14.1. The van der Waals surface area contributed by atoms with Gasteiger partial charge in [-0.05, 0) is 38.8 Å². The van der Waals surface area contributed by atoms with E-state index in [1.54, 1.807) is 0 Å². The van der Waals surface area contributed by atoms with Gasteiger partial charge >= 0.3 is 0 Å². The van der Waals surface area contributed by atoms with E-state index in [0.717, 1.165) is 44.2 Å². The Morgan fingerprint density at radius 3 is 2.55 bits per heavy atom. The van der Waals surface area contributed by atoms with E-state index in [1.807, 2.05) is 19.3 Å². The molecule has 0 aliphatic heterocycles. The molecule has 0 saturated heterocycles. The summed E-state index contributed by atoms with van der Waals surface area (Å²) in [5.41, 5.74) is 1.06. The standard InChI is InChI=1S/C14H23N3O2S/c1-15-9-13-8-14(10-17(13)12-6-7-12)20(18,19)16-11-4-2-3-5-11/h8,10-12,15-16H,2-7,9H2,1H3. The van der Waals surface area contributed by atoms with E-state index in [2.05, 4.69) is 14.6 Å². The van der Waals surface area contributed by atoms with Crippen LogP contribution in [0.1, 0.15) is 50.3 Å². The van der Waals surface area contributed by atoms with Crippen LogP contribution < -0.4 is 10.0 Å². The highest BCUT2D eigenvalue weighted by Crippen LogP contribution is 2.37. The Kier molecular flexibility index (Phi) is 3.88. The molecule has 0 aromatic carbocycles. The molecule has 2 aliphatic carbocycles. The molecule has 2 N–H and O–H groups in total. The molecule has 20 heavy (non-hydrogen) atoms. The van der Waals surface area contributed by atoms with Gasteiger partial charge in [-0.15, -0.1) is 0 Å². The lowest BCUT2D eigenvalue weighted by Gasteiger charge is -2.11. The Morgan fingerprint density at radius 2 is 1.95 bits per heavy atom. The number of nitrogens with zero attached hydrogens (tertiary/aromatic N) is 1. The number of hydrogen-bond donors (Lipinski definition) is 2. The summed E-state index contributed by atoms with van der Waals surface area (Å²) in [5, 5.41) is 3.11. The summed E-state index contributed by atoms with van der Waals surface area (Å²) >= 11 is 0. The third kappa shape index (κ3) is 2.92. The molecule has 1 heterocycles.